The van der Waals surface area contributed by atoms with Gasteiger partial charge >= 0.3 is 5.97 Å². The first-order valence-corrected chi connectivity index (χ1v) is 9.38. The maximum Gasteiger partial charge on any atom is 0.310 e. The summed E-state index contributed by atoms with van der Waals surface area (Å²) in [5.74, 6) is -1.04. The van der Waals surface area contributed by atoms with E-state index in [9.17, 15) is 14.4 Å². The van der Waals surface area contributed by atoms with Gasteiger partial charge < -0.3 is 14.5 Å². The van der Waals surface area contributed by atoms with E-state index < -0.39 is 0 Å². The van der Waals surface area contributed by atoms with Crippen LogP contribution in [0.25, 0.3) is 0 Å². The molecule has 0 saturated carbocycles. The summed E-state index contributed by atoms with van der Waals surface area (Å²) >= 11 is 6.01. The Morgan fingerprint density at radius 1 is 1.27 bits per heavy atom. The zero-order valence-electron chi connectivity index (χ0n) is 14.8. The third-order valence-electron chi connectivity index (χ3n) is 4.95. The predicted molar refractivity (Wildman–Crippen MR) is 97.8 cm³/mol. The van der Waals surface area contributed by atoms with Crippen molar-refractivity contribution < 1.29 is 19.1 Å². The lowest BCUT2D eigenvalue weighted by atomic mass is 9.96. The predicted octanol–water partition coefficient (Wildman–Crippen LogP) is 2.49. The van der Waals surface area contributed by atoms with Crippen LogP contribution in [-0.2, 0) is 19.1 Å². The average molecular weight is 379 g/mol. The third kappa shape index (κ3) is 4.01. The SMILES string of the molecule is CCOC(=O)[C@H]1CCCN(C(=O)[C@@H]2CC(=O)N(c3cccc(Cl)c3)C2)C1. The van der Waals surface area contributed by atoms with Crippen molar-refractivity contribution in [3.8, 4) is 0 Å². The molecule has 0 aromatic heterocycles. The Labute approximate surface area is 158 Å². The number of hydrogen-bond donors (Lipinski definition) is 0. The Bertz CT molecular complexity index is 709. The molecule has 26 heavy (non-hydrogen) atoms. The molecular weight excluding hydrogens is 356 g/mol. The number of nitrogens with zero attached hydrogens (tertiary/aromatic N) is 2. The van der Waals surface area contributed by atoms with Gasteiger partial charge in [0.05, 0.1) is 18.4 Å². The number of anilines is 1. The number of benzene rings is 1. The summed E-state index contributed by atoms with van der Waals surface area (Å²) in [5, 5.41) is 0.554. The molecule has 2 saturated heterocycles. The number of ether oxygens (including phenoxy) is 1. The van der Waals surface area contributed by atoms with Crippen LogP contribution in [0.3, 0.4) is 0 Å². The lowest BCUT2D eigenvalue weighted by Crippen LogP contribution is -2.45. The molecule has 1 aromatic rings. The maximum absolute atomic E-state index is 12.9. The normalized spacial score (nSPS) is 23.2. The van der Waals surface area contributed by atoms with Crippen LogP contribution in [0.5, 0.6) is 0 Å². The van der Waals surface area contributed by atoms with Crippen LogP contribution in [0.4, 0.5) is 5.69 Å². The number of rotatable bonds is 4. The van der Waals surface area contributed by atoms with Crippen molar-refractivity contribution in [2.75, 3.05) is 31.1 Å². The first-order chi connectivity index (χ1) is 12.5. The number of piperidine rings is 1. The highest BCUT2D eigenvalue weighted by Gasteiger charge is 2.39. The summed E-state index contributed by atoms with van der Waals surface area (Å²) in [5.41, 5.74) is 0.709. The van der Waals surface area contributed by atoms with Gasteiger partial charge in [-0.05, 0) is 38.0 Å². The van der Waals surface area contributed by atoms with Crippen molar-refractivity contribution >= 4 is 35.1 Å². The molecule has 2 atom stereocenters. The van der Waals surface area contributed by atoms with E-state index in [1.54, 1.807) is 34.9 Å². The highest BCUT2D eigenvalue weighted by atomic mass is 35.5. The van der Waals surface area contributed by atoms with Crippen LogP contribution in [0.2, 0.25) is 5.02 Å². The van der Waals surface area contributed by atoms with Gasteiger partial charge in [-0.3, -0.25) is 14.4 Å². The second kappa shape index (κ2) is 8.08. The molecule has 2 heterocycles. The van der Waals surface area contributed by atoms with Crippen molar-refractivity contribution in [1.29, 1.82) is 0 Å². The Kier molecular flexibility index (Phi) is 5.81. The van der Waals surface area contributed by atoms with Crippen molar-refractivity contribution in [2.45, 2.75) is 26.2 Å². The quantitative estimate of drug-likeness (QED) is 0.755. The van der Waals surface area contributed by atoms with E-state index in [1.807, 2.05) is 6.07 Å². The summed E-state index contributed by atoms with van der Waals surface area (Å²) in [7, 11) is 0. The van der Waals surface area contributed by atoms with Crippen molar-refractivity contribution in [1.82, 2.24) is 4.90 Å². The van der Waals surface area contributed by atoms with E-state index in [4.69, 9.17) is 16.3 Å². The highest BCUT2D eigenvalue weighted by molar-refractivity contribution is 6.31. The molecule has 0 unspecified atom stereocenters. The summed E-state index contributed by atoms with van der Waals surface area (Å²) in [4.78, 5) is 40.6. The molecule has 0 bridgehead atoms. The van der Waals surface area contributed by atoms with Gasteiger partial charge in [0.1, 0.15) is 0 Å². The topological polar surface area (TPSA) is 66.9 Å². The Hall–Kier alpha value is -2.08. The molecule has 0 spiro atoms. The third-order valence-corrected chi connectivity index (χ3v) is 5.18. The molecule has 0 aliphatic carbocycles. The molecule has 2 fully saturated rings. The smallest absolute Gasteiger partial charge is 0.310 e. The summed E-state index contributed by atoms with van der Waals surface area (Å²) < 4.78 is 5.09. The second-order valence-electron chi connectivity index (χ2n) is 6.76. The van der Waals surface area contributed by atoms with E-state index in [1.165, 1.54) is 0 Å². The van der Waals surface area contributed by atoms with E-state index >= 15 is 0 Å². The van der Waals surface area contributed by atoms with Gasteiger partial charge in [0.25, 0.3) is 0 Å². The largest absolute Gasteiger partial charge is 0.466 e. The first kappa shape index (κ1) is 18.7. The fraction of sp³-hybridized carbons (Fsp3) is 0.526. The first-order valence-electron chi connectivity index (χ1n) is 9.01. The van der Waals surface area contributed by atoms with Crippen molar-refractivity contribution in [2.24, 2.45) is 11.8 Å². The molecule has 140 valence electrons. The fourth-order valence-corrected chi connectivity index (χ4v) is 3.84. The average Bonchev–Trinajstić information content (AvgIpc) is 3.03. The number of carbonyl (C=O) groups is 3. The second-order valence-corrected chi connectivity index (χ2v) is 7.20. The maximum atomic E-state index is 12.9. The highest BCUT2D eigenvalue weighted by Crippen LogP contribution is 2.29. The summed E-state index contributed by atoms with van der Waals surface area (Å²) in [6.45, 7) is 3.46. The van der Waals surface area contributed by atoms with E-state index in [0.29, 0.717) is 37.0 Å². The van der Waals surface area contributed by atoms with Gasteiger partial charge in [0, 0.05) is 36.8 Å². The molecule has 3 rings (SSSR count). The lowest BCUT2D eigenvalue weighted by Gasteiger charge is -2.33. The minimum Gasteiger partial charge on any atom is -0.466 e. The van der Waals surface area contributed by atoms with E-state index in [0.717, 1.165) is 12.8 Å². The van der Waals surface area contributed by atoms with Gasteiger partial charge in [0.2, 0.25) is 11.8 Å². The molecule has 7 heteroatoms. The van der Waals surface area contributed by atoms with Gasteiger partial charge in [-0.25, -0.2) is 0 Å². The number of carbonyl (C=O) groups excluding carboxylic acids is 3. The Morgan fingerprint density at radius 3 is 2.81 bits per heavy atom. The molecular formula is C19H23ClN2O4. The van der Waals surface area contributed by atoms with Gasteiger partial charge in [0.15, 0.2) is 0 Å². The molecule has 0 radical (unpaired) electrons. The van der Waals surface area contributed by atoms with Crippen LogP contribution in [0.15, 0.2) is 24.3 Å². The molecule has 0 N–H and O–H groups in total. The molecule has 2 amide bonds. The molecule has 1 aromatic carbocycles. The fourth-order valence-electron chi connectivity index (χ4n) is 3.65. The van der Waals surface area contributed by atoms with E-state index in [2.05, 4.69) is 0 Å². The molecule has 2 aliphatic heterocycles. The van der Waals surface area contributed by atoms with Crippen LogP contribution >= 0.6 is 11.6 Å². The minimum atomic E-state index is -0.387. The lowest BCUT2D eigenvalue weighted by molar-refractivity contribution is -0.152. The van der Waals surface area contributed by atoms with Crippen molar-refractivity contribution in [3.63, 3.8) is 0 Å². The van der Waals surface area contributed by atoms with Gasteiger partial charge in [-0.1, -0.05) is 17.7 Å². The standard InChI is InChI=1S/C19H23ClN2O4/c1-2-26-19(25)13-5-4-8-21(11-13)18(24)14-9-17(23)22(12-14)16-7-3-6-15(20)10-16/h3,6-7,10,13-14H,2,4-5,8-9,11-12H2,1H3/t13-,14+/m0/s1. The molecule has 6 nitrogen and oxygen atoms in total. The number of likely N-dealkylation sites (tertiary alicyclic amines) is 1. The van der Waals surface area contributed by atoms with Crippen LogP contribution < -0.4 is 4.90 Å². The van der Waals surface area contributed by atoms with Crippen LogP contribution in [0.1, 0.15) is 26.2 Å². The number of halogens is 1. The van der Waals surface area contributed by atoms with E-state index in [-0.39, 0.29) is 36.0 Å². The number of esters is 1. The van der Waals surface area contributed by atoms with Gasteiger partial charge in [-0.15, -0.1) is 0 Å². The number of amides is 2. The Morgan fingerprint density at radius 2 is 2.08 bits per heavy atom. The monoisotopic (exact) mass is 378 g/mol. The van der Waals surface area contributed by atoms with Gasteiger partial charge in [-0.2, -0.15) is 0 Å². The van der Waals surface area contributed by atoms with Crippen molar-refractivity contribution in [3.05, 3.63) is 29.3 Å². The minimum absolute atomic E-state index is 0.0584. The zero-order valence-corrected chi connectivity index (χ0v) is 15.6. The number of hydrogen-bond acceptors (Lipinski definition) is 4. The zero-order chi connectivity index (χ0) is 18.7. The van der Waals surface area contributed by atoms with Crippen LogP contribution in [0, 0.1) is 11.8 Å². The summed E-state index contributed by atoms with van der Waals surface area (Å²) in [6, 6.07) is 7.07. The Balaban J connectivity index is 1.65. The molecule has 2 aliphatic rings. The van der Waals surface area contributed by atoms with Crippen LogP contribution in [-0.4, -0.2) is 48.9 Å². The summed E-state index contributed by atoms with van der Waals surface area (Å²) in [6.07, 6.45) is 1.70.